The lowest BCUT2D eigenvalue weighted by molar-refractivity contribution is -0.116. The molecular formula is C16H24FN3O. The van der Waals surface area contributed by atoms with Crippen molar-refractivity contribution in [2.45, 2.75) is 45.1 Å². The first kappa shape index (κ1) is 15.8. The van der Waals surface area contributed by atoms with Crippen molar-refractivity contribution in [3.8, 4) is 0 Å². The predicted molar refractivity (Wildman–Crippen MR) is 84.0 cm³/mol. The molecule has 0 aliphatic carbocycles. The summed E-state index contributed by atoms with van der Waals surface area (Å²) in [5.41, 5.74) is 6.94. The molecular weight excluding hydrogens is 269 g/mol. The number of anilines is 2. The van der Waals surface area contributed by atoms with Gasteiger partial charge in [-0.05, 0) is 37.5 Å². The molecule has 5 heteroatoms. The molecule has 1 heterocycles. The molecule has 0 spiro atoms. The zero-order valence-corrected chi connectivity index (χ0v) is 12.6. The first-order chi connectivity index (χ1) is 10.1. The third-order valence-corrected chi connectivity index (χ3v) is 3.79. The van der Waals surface area contributed by atoms with E-state index in [9.17, 15) is 9.18 Å². The third-order valence-electron chi connectivity index (χ3n) is 3.79. The van der Waals surface area contributed by atoms with E-state index in [-0.39, 0.29) is 24.2 Å². The Labute approximate surface area is 125 Å². The Morgan fingerprint density at radius 3 is 2.76 bits per heavy atom. The number of nitrogens with one attached hydrogen (secondary N) is 1. The van der Waals surface area contributed by atoms with Crippen molar-refractivity contribution >= 4 is 17.3 Å². The van der Waals surface area contributed by atoms with E-state index in [1.54, 1.807) is 12.1 Å². The monoisotopic (exact) mass is 293 g/mol. The Morgan fingerprint density at radius 2 is 2.14 bits per heavy atom. The molecule has 3 N–H and O–H groups in total. The number of rotatable bonds is 6. The van der Waals surface area contributed by atoms with Crippen LogP contribution in [0.3, 0.4) is 0 Å². The predicted octanol–water partition coefficient (Wildman–Crippen LogP) is 2.88. The Kier molecular flexibility index (Phi) is 5.56. The molecule has 1 unspecified atom stereocenters. The Balaban J connectivity index is 1.95. The zero-order chi connectivity index (χ0) is 15.2. The summed E-state index contributed by atoms with van der Waals surface area (Å²) < 4.78 is 14.1. The molecule has 1 saturated heterocycles. The lowest BCUT2D eigenvalue weighted by atomic mass is 10.1. The van der Waals surface area contributed by atoms with Crippen LogP contribution >= 0.6 is 0 Å². The van der Waals surface area contributed by atoms with E-state index in [1.807, 2.05) is 11.8 Å². The quantitative estimate of drug-likeness (QED) is 0.848. The van der Waals surface area contributed by atoms with Gasteiger partial charge in [-0.3, -0.25) is 4.79 Å². The number of hydrogen-bond acceptors (Lipinski definition) is 3. The van der Waals surface area contributed by atoms with Crippen LogP contribution in [0.25, 0.3) is 0 Å². The van der Waals surface area contributed by atoms with Gasteiger partial charge >= 0.3 is 0 Å². The van der Waals surface area contributed by atoms with Crippen LogP contribution in [0.2, 0.25) is 0 Å². The van der Waals surface area contributed by atoms with Gasteiger partial charge in [0.2, 0.25) is 5.91 Å². The number of carbonyl (C=O) groups is 1. The molecule has 0 aromatic heterocycles. The van der Waals surface area contributed by atoms with Crippen LogP contribution in [0.1, 0.15) is 39.0 Å². The minimum Gasteiger partial charge on any atom is -0.369 e. The number of benzene rings is 1. The van der Waals surface area contributed by atoms with Crippen molar-refractivity contribution in [1.29, 1.82) is 0 Å². The van der Waals surface area contributed by atoms with Crippen LogP contribution < -0.4 is 16.0 Å². The van der Waals surface area contributed by atoms with Crippen LogP contribution in [0.4, 0.5) is 15.8 Å². The molecule has 1 aromatic rings. The normalized spacial score (nSPS) is 16.0. The standard InChI is InChI=1S/C16H24FN3O/c1-2-5-12(18)10-16(21)19-13-6-7-15(14(17)11-13)20-8-3-4-9-20/h6-7,11-12H,2-5,8-10,18H2,1H3,(H,19,21). The number of carbonyl (C=O) groups excluding carboxylic acids is 1. The van der Waals surface area contributed by atoms with Crippen LogP contribution in [-0.2, 0) is 4.79 Å². The van der Waals surface area contributed by atoms with Gasteiger partial charge in [-0.15, -0.1) is 0 Å². The fourth-order valence-electron chi connectivity index (χ4n) is 2.72. The molecule has 0 bridgehead atoms. The average Bonchev–Trinajstić information content (AvgIpc) is 2.92. The van der Waals surface area contributed by atoms with Crippen molar-refractivity contribution in [3.63, 3.8) is 0 Å². The van der Waals surface area contributed by atoms with Gasteiger partial charge in [0.1, 0.15) is 5.82 Å². The summed E-state index contributed by atoms with van der Waals surface area (Å²) in [6.45, 7) is 3.83. The van der Waals surface area contributed by atoms with Crippen molar-refractivity contribution in [2.75, 3.05) is 23.3 Å². The average molecular weight is 293 g/mol. The van der Waals surface area contributed by atoms with Crippen LogP contribution in [0, 0.1) is 5.82 Å². The molecule has 1 fully saturated rings. The highest BCUT2D eigenvalue weighted by molar-refractivity contribution is 5.91. The minimum atomic E-state index is -0.285. The second-order valence-electron chi connectivity index (χ2n) is 5.66. The van der Waals surface area contributed by atoms with E-state index >= 15 is 0 Å². The van der Waals surface area contributed by atoms with Crippen LogP contribution in [-0.4, -0.2) is 25.0 Å². The van der Waals surface area contributed by atoms with Gasteiger partial charge in [0.15, 0.2) is 0 Å². The first-order valence-electron chi connectivity index (χ1n) is 7.70. The van der Waals surface area contributed by atoms with E-state index in [0.29, 0.717) is 11.4 Å². The molecule has 0 radical (unpaired) electrons. The smallest absolute Gasteiger partial charge is 0.225 e. The molecule has 116 valence electrons. The topological polar surface area (TPSA) is 58.4 Å². The lowest BCUT2D eigenvalue weighted by Gasteiger charge is -2.19. The number of nitrogens with zero attached hydrogens (tertiary/aromatic N) is 1. The maximum Gasteiger partial charge on any atom is 0.225 e. The van der Waals surface area contributed by atoms with Crippen molar-refractivity contribution in [3.05, 3.63) is 24.0 Å². The van der Waals surface area contributed by atoms with Gasteiger partial charge in [0, 0.05) is 31.2 Å². The Morgan fingerprint density at radius 1 is 1.43 bits per heavy atom. The third kappa shape index (κ3) is 4.43. The molecule has 21 heavy (non-hydrogen) atoms. The SMILES string of the molecule is CCCC(N)CC(=O)Nc1ccc(N2CCCC2)c(F)c1. The fraction of sp³-hybridized carbons (Fsp3) is 0.562. The molecule has 1 aliphatic heterocycles. The summed E-state index contributed by atoms with van der Waals surface area (Å²) >= 11 is 0. The van der Waals surface area contributed by atoms with Gasteiger partial charge in [-0.25, -0.2) is 4.39 Å². The van der Waals surface area contributed by atoms with Crippen molar-refractivity contribution < 1.29 is 9.18 Å². The van der Waals surface area contributed by atoms with E-state index < -0.39 is 0 Å². The van der Waals surface area contributed by atoms with Crippen molar-refractivity contribution in [2.24, 2.45) is 5.73 Å². The molecule has 1 atom stereocenters. The second kappa shape index (κ2) is 7.41. The molecule has 1 aliphatic rings. The summed E-state index contributed by atoms with van der Waals surface area (Å²) in [7, 11) is 0. The lowest BCUT2D eigenvalue weighted by Crippen LogP contribution is -2.27. The van der Waals surface area contributed by atoms with Gasteiger partial charge in [0.25, 0.3) is 0 Å². The maximum atomic E-state index is 14.1. The van der Waals surface area contributed by atoms with Crippen LogP contribution in [0.15, 0.2) is 18.2 Å². The number of amides is 1. The van der Waals surface area contributed by atoms with E-state index in [2.05, 4.69) is 5.32 Å². The summed E-state index contributed by atoms with van der Waals surface area (Å²) in [6.07, 6.45) is 4.24. The largest absolute Gasteiger partial charge is 0.369 e. The second-order valence-corrected chi connectivity index (χ2v) is 5.66. The number of nitrogens with two attached hydrogens (primary N) is 1. The van der Waals surface area contributed by atoms with Crippen LogP contribution in [0.5, 0.6) is 0 Å². The first-order valence-corrected chi connectivity index (χ1v) is 7.70. The highest BCUT2D eigenvalue weighted by Gasteiger charge is 2.16. The summed E-state index contributed by atoms with van der Waals surface area (Å²) in [5, 5.41) is 2.71. The van der Waals surface area contributed by atoms with Gasteiger partial charge in [0.05, 0.1) is 5.69 Å². The fourth-order valence-corrected chi connectivity index (χ4v) is 2.72. The molecule has 1 amide bonds. The van der Waals surface area contributed by atoms with E-state index in [4.69, 9.17) is 5.73 Å². The molecule has 0 saturated carbocycles. The van der Waals surface area contributed by atoms with Gasteiger partial charge in [-0.1, -0.05) is 13.3 Å². The maximum absolute atomic E-state index is 14.1. The minimum absolute atomic E-state index is 0.135. The number of halogens is 1. The summed E-state index contributed by atoms with van der Waals surface area (Å²) in [6, 6.07) is 4.74. The summed E-state index contributed by atoms with van der Waals surface area (Å²) in [5.74, 6) is -0.447. The van der Waals surface area contributed by atoms with E-state index in [0.717, 1.165) is 38.8 Å². The van der Waals surface area contributed by atoms with E-state index in [1.165, 1.54) is 6.07 Å². The number of hydrogen-bond donors (Lipinski definition) is 2. The Hall–Kier alpha value is -1.62. The molecule has 2 rings (SSSR count). The highest BCUT2D eigenvalue weighted by atomic mass is 19.1. The highest BCUT2D eigenvalue weighted by Crippen LogP contribution is 2.26. The summed E-state index contributed by atoms with van der Waals surface area (Å²) in [4.78, 5) is 13.9. The molecule has 1 aromatic carbocycles. The zero-order valence-electron chi connectivity index (χ0n) is 12.6. The van der Waals surface area contributed by atoms with Gasteiger partial charge in [-0.2, -0.15) is 0 Å². The molecule has 4 nitrogen and oxygen atoms in total. The van der Waals surface area contributed by atoms with Crippen molar-refractivity contribution in [1.82, 2.24) is 0 Å². The Bertz CT molecular complexity index is 486. The van der Waals surface area contributed by atoms with Gasteiger partial charge < -0.3 is 16.0 Å².